The van der Waals surface area contributed by atoms with Crippen molar-refractivity contribution < 1.29 is 33.3 Å². The molecule has 0 saturated carbocycles. The van der Waals surface area contributed by atoms with Crippen molar-refractivity contribution in [3.8, 4) is 23.0 Å². The third-order valence-corrected chi connectivity index (χ3v) is 4.23. The number of ether oxygens (including phenoxy) is 5. The molecule has 0 bridgehead atoms. The number of hydrogen-bond donors (Lipinski definition) is 1. The molecule has 8 heteroatoms. The van der Waals surface area contributed by atoms with Crippen molar-refractivity contribution in [3.05, 3.63) is 47.5 Å². The summed E-state index contributed by atoms with van der Waals surface area (Å²) >= 11 is 0. The van der Waals surface area contributed by atoms with Gasteiger partial charge in [-0.3, -0.25) is 4.79 Å². The molecule has 1 aliphatic heterocycles. The number of amides is 1. The fourth-order valence-corrected chi connectivity index (χ4v) is 2.73. The molecule has 1 heterocycles. The third-order valence-electron chi connectivity index (χ3n) is 4.23. The smallest absolute Gasteiger partial charge is 0.338 e. The lowest BCUT2D eigenvalue weighted by molar-refractivity contribution is -0.124. The second-order valence-corrected chi connectivity index (χ2v) is 6.05. The molecule has 148 valence electrons. The van der Waals surface area contributed by atoms with E-state index in [1.807, 2.05) is 19.1 Å². The van der Waals surface area contributed by atoms with Crippen molar-refractivity contribution in [2.75, 3.05) is 27.6 Å². The Morgan fingerprint density at radius 2 is 1.79 bits per heavy atom. The molecule has 0 aromatic heterocycles. The first-order valence-corrected chi connectivity index (χ1v) is 8.60. The van der Waals surface area contributed by atoms with E-state index in [2.05, 4.69) is 5.32 Å². The summed E-state index contributed by atoms with van der Waals surface area (Å²) in [5.41, 5.74) is 1.11. The minimum atomic E-state index is -0.633. The predicted molar refractivity (Wildman–Crippen MR) is 99.0 cm³/mol. The topological polar surface area (TPSA) is 92.3 Å². The molecule has 1 unspecified atom stereocenters. The van der Waals surface area contributed by atoms with Gasteiger partial charge >= 0.3 is 5.97 Å². The summed E-state index contributed by atoms with van der Waals surface area (Å²) < 4.78 is 26.0. The number of benzene rings is 2. The van der Waals surface area contributed by atoms with Gasteiger partial charge in [0.1, 0.15) is 0 Å². The molecule has 1 amide bonds. The van der Waals surface area contributed by atoms with Crippen molar-refractivity contribution in [2.45, 2.75) is 13.0 Å². The fourth-order valence-electron chi connectivity index (χ4n) is 2.73. The van der Waals surface area contributed by atoms with Crippen LogP contribution in [0.15, 0.2) is 36.4 Å². The van der Waals surface area contributed by atoms with Crippen LogP contribution in [0.3, 0.4) is 0 Å². The van der Waals surface area contributed by atoms with Gasteiger partial charge in [-0.15, -0.1) is 0 Å². The molecule has 0 fully saturated rings. The highest BCUT2D eigenvalue weighted by molar-refractivity contribution is 5.92. The second kappa shape index (κ2) is 8.51. The first kappa shape index (κ1) is 19.3. The monoisotopic (exact) mass is 387 g/mol. The number of carbonyl (C=O) groups excluding carboxylic acids is 2. The van der Waals surface area contributed by atoms with Gasteiger partial charge in [0.15, 0.2) is 29.6 Å². The maximum atomic E-state index is 12.2. The Hall–Kier alpha value is -3.42. The number of esters is 1. The van der Waals surface area contributed by atoms with Crippen LogP contribution in [0.2, 0.25) is 0 Å². The van der Waals surface area contributed by atoms with Crippen LogP contribution >= 0.6 is 0 Å². The molecule has 1 aliphatic rings. The Morgan fingerprint density at radius 1 is 1.04 bits per heavy atom. The number of hydrogen-bond acceptors (Lipinski definition) is 7. The molecule has 1 atom stereocenters. The van der Waals surface area contributed by atoms with E-state index in [1.165, 1.54) is 26.4 Å². The molecule has 2 aromatic carbocycles. The number of nitrogens with one attached hydrogen (secondary N) is 1. The van der Waals surface area contributed by atoms with Crippen molar-refractivity contribution in [3.63, 3.8) is 0 Å². The van der Waals surface area contributed by atoms with Gasteiger partial charge in [0.2, 0.25) is 6.79 Å². The summed E-state index contributed by atoms with van der Waals surface area (Å²) in [6.45, 7) is 1.61. The van der Waals surface area contributed by atoms with Gasteiger partial charge < -0.3 is 29.0 Å². The largest absolute Gasteiger partial charge is 0.493 e. The van der Waals surface area contributed by atoms with E-state index >= 15 is 0 Å². The van der Waals surface area contributed by atoms with Crippen LogP contribution < -0.4 is 24.3 Å². The van der Waals surface area contributed by atoms with E-state index in [9.17, 15) is 9.59 Å². The molecule has 3 rings (SSSR count). The van der Waals surface area contributed by atoms with E-state index in [1.54, 1.807) is 12.1 Å². The van der Waals surface area contributed by atoms with E-state index in [0.29, 0.717) is 23.0 Å². The zero-order chi connectivity index (χ0) is 20.1. The number of rotatable bonds is 7. The van der Waals surface area contributed by atoms with Gasteiger partial charge in [0.25, 0.3) is 5.91 Å². The lowest BCUT2D eigenvalue weighted by atomic mass is 10.1. The van der Waals surface area contributed by atoms with Crippen molar-refractivity contribution in [1.82, 2.24) is 5.32 Å². The van der Waals surface area contributed by atoms with Gasteiger partial charge in [0, 0.05) is 0 Å². The van der Waals surface area contributed by atoms with E-state index in [0.717, 1.165) is 5.56 Å². The van der Waals surface area contributed by atoms with E-state index < -0.39 is 18.5 Å². The predicted octanol–water partition coefficient (Wildman–Crippen LogP) is 2.47. The Kier molecular flexibility index (Phi) is 5.88. The van der Waals surface area contributed by atoms with Crippen LogP contribution in [0, 0.1) is 0 Å². The Labute approximate surface area is 162 Å². The molecular formula is C20H21NO7. The average Bonchev–Trinajstić information content (AvgIpc) is 3.19. The van der Waals surface area contributed by atoms with Crippen LogP contribution in [0.25, 0.3) is 0 Å². The minimum Gasteiger partial charge on any atom is -0.493 e. The highest BCUT2D eigenvalue weighted by atomic mass is 16.7. The molecular weight excluding hydrogens is 366 g/mol. The van der Waals surface area contributed by atoms with Crippen LogP contribution in [0.5, 0.6) is 23.0 Å². The summed E-state index contributed by atoms with van der Waals surface area (Å²) in [4.78, 5) is 24.3. The first-order chi connectivity index (χ1) is 13.5. The van der Waals surface area contributed by atoms with Crippen LogP contribution in [-0.2, 0) is 9.53 Å². The Bertz CT molecular complexity index is 881. The Balaban J connectivity index is 1.54. The van der Waals surface area contributed by atoms with Crippen molar-refractivity contribution >= 4 is 11.9 Å². The van der Waals surface area contributed by atoms with Crippen LogP contribution in [-0.4, -0.2) is 39.5 Å². The maximum Gasteiger partial charge on any atom is 0.338 e. The third kappa shape index (κ3) is 4.28. The standard InChI is InChI=1S/C20H21NO7/c1-12(13-4-7-16-18(8-13)28-11-27-16)21-19(22)10-26-20(23)14-5-6-15(24-2)17(9-14)25-3/h4-9,12H,10-11H2,1-3H3,(H,21,22). The first-order valence-electron chi connectivity index (χ1n) is 8.60. The Morgan fingerprint density at radius 3 is 2.54 bits per heavy atom. The van der Waals surface area contributed by atoms with Gasteiger partial charge in [0.05, 0.1) is 25.8 Å². The molecule has 2 aromatic rings. The fraction of sp³-hybridized carbons (Fsp3) is 0.300. The van der Waals surface area contributed by atoms with Gasteiger partial charge in [-0.25, -0.2) is 4.79 Å². The lowest BCUT2D eigenvalue weighted by Gasteiger charge is -2.15. The summed E-state index contributed by atoms with van der Waals surface area (Å²) in [5, 5.41) is 2.78. The molecule has 8 nitrogen and oxygen atoms in total. The van der Waals surface area contributed by atoms with Crippen LogP contribution in [0.4, 0.5) is 0 Å². The summed E-state index contributed by atoms with van der Waals surface area (Å²) in [6, 6.07) is 9.78. The normalized spacial score (nSPS) is 12.8. The highest BCUT2D eigenvalue weighted by Gasteiger charge is 2.18. The maximum absolute atomic E-state index is 12.2. The van der Waals surface area contributed by atoms with E-state index in [4.69, 9.17) is 23.7 Å². The lowest BCUT2D eigenvalue weighted by Crippen LogP contribution is -2.31. The number of fused-ring (bicyclic) bond motifs is 1. The highest BCUT2D eigenvalue weighted by Crippen LogP contribution is 2.34. The number of carbonyl (C=O) groups is 2. The zero-order valence-electron chi connectivity index (χ0n) is 15.8. The van der Waals surface area contributed by atoms with Gasteiger partial charge in [-0.2, -0.15) is 0 Å². The van der Waals surface area contributed by atoms with Crippen molar-refractivity contribution in [1.29, 1.82) is 0 Å². The molecule has 28 heavy (non-hydrogen) atoms. The molecule has 0 aliphatic carbocycles. The molecule has 0 spiro atoms. The molecule has 1 N–H and O–H groups in total. The number of methoxy groups -OCH3 is 2. The molecule has 0 radical (unpaired) electrons. The van der Waals surface area contributed by atoms with E-state index in [-0.39, 0.29) is 18.4 Å². The summed E-state index contributed by atoms with van der Waals surface area (Å²) in [5.74, 6) is 1.16. The summed E-state index contributed by atoms with van der Waals surface area (Å²) in [6.07, 6.45) is 0. The quantitative estimate of drug-likeness (QED) is 0.730. The van der Waals surface area contributed by atoms with Crippen molar-refractivity contribution in [2.24, 2.45) is 0 Å². The van der Waals surface area contributed by atoms with Gasteiger partial charge in [-0.1, -0.05) is 6.07 Å². The molecule has 0 saturated heterocycles. The average molecular weight is 387 g/mol. The summed E-state index contributed by atoms with van der Waals surface area (Å²) in [7, 11) is 2.97. The van der Waals surface area contributed by atoms with Gasteiger partial charge in [-0.05, 0) is 42.8 Å². The van der Waals surface area contributed by atoms with Crippen LogP contribution in [0.1, 0.15) is 28.9 Å². The second-order valence-electron chi connectivity index (χ2n) is 6.05. The SMILES string of the molecule is COc1ccc(C(=O)OCC(=O)NC(C)c2ccc3c(c2)OCO3)cc1OC. The minimum absolute atomic E-state index is 0.186. The zero-order valence-corrected chi connectivity index (χ0v) is 15.8.